The van der Waals surface area contributed by atoms with Gasteiger partial charge >= 0.3 is 12.1 Å². The summed E-state index contributed by atoms with van der Waals surface area (Å²) < 4.78 is 6.06. The maximum absolute atomic E-state index is 14.5. The molecule has 10 amide bonds. The molecule has 1 fully saturated rings. The number of likely N-dealkylation sites (N-methyl/N-ethyl adjacent to an activating group) is 1. The van der Waals surface area contributed by atoms with Crippen LogP contribution in [0, 0.1) is 5.92 Å². The van der Waals surface area contributed by atoms with Gasteiger partial charge in [0.05, 0.1) is 11.7 Å². The largest absolute Gasteiger partial charge is 0.415 e. The number of anilines is 3. The summed E-state index contributed by atoms with van der Waals surface area (Å²) in [4.78, 5) is 126. The predicted molar refractivity (Wildman–Crippen MR) is 308 cm³/mol. The van der Waals surface area contributed by atoms with E-state index in [2.05, 4.69) is 41.8 Å². The van der Waals surface area contributed by atoms with Crippen molar-refractivity contribution in [3.8, 4) is 5.75 Å². The lowest BCUT2D eigenvalue weighted by molar-refractivity contribution is -0.137. The number of carbonyl (C=O) groups is 9. The third-order valence-electron chi connectivity index (χ3n) is 14.6. The minimum Gasteiger partial charge on any atom is -0.409 e. The number of hydrogen-bond acceptors (Lipinski definition) is 12. The molecule has 81 heavy (non-hydrogen) atoms. The highest BCUT2D eigenvalue weighted by molar-refractivity contribution is 6.19. The number of primary amides is 1. The lowest BCUT2D eigenvalue weighted by Crippen LogP contribution is -2.54. The van der Waals surface area contributed by atoms with E-state index in [0.717, 1.165) is 29.4 Å². The number of nitrogens with one attached hydrogen (secondary N) is 7. The van der Waals surface area contributed by atoms with Gasteiger partial charge < -0.3 is 62.1 Å². The molecule has 1 aromatic heterocycles. The van der Waals surface area contributed by atoms with E-state index in [4.69, 9.17) is 22.1 Å². The number of rotatable bonds is 24. The molecule has 9 N–H and O–H groups in total. The number of fused-ring (bicyclic) bond motifs is 4. The molecule has 4 aromatic carbocycles. The number of aromatic nitrogens is 1. The van der Waals surface area contributed by atoms with Crippen LogP contribution in [-0.2, 0) is 24.0 Å². The Morgan fingerprint density at radius 2 is 1.49 bits per heavy atom. The number of nitrogens with zero attached hydrogens (tertiary/aromatic N) is 4. The average molecular weight is 1130 g/mol. The Hall–Kier alpha value is -8.34. The number of urea groups is 1. The Morgan fingerprint density at radius 1 is 0.778 bits per heavy atom. The van der Waals surface area contributed by atoms with Crippen molar-refractivity contribution in [2.24, 2.45) is 11.7 Å². The topological polar surface area (TPSA) is 290 Å². The zero-order valence-corrected chi connectivity index (χ0v) is 46.4. The van der Waals surface area contributed by atoms with Crippen LogP contribution in [-0.4, -0.2) is 157 Å². The quantitative estimate of drug-likeness (QED) is 0.0219. The van der Waals surface area contributed by atoms with E-state index in [0.29, 0.717) is 91.3 Å². The second kappa shape index (κ2) is 27.2. The van der Waals surface area contributed by atoms with Crippen molar-refractivity contribution in [1.82, 2.24) is 41.0 Å². The summed E-state index contributed by atoms with van der Waals surface area (Å²) in [5.41, 5.74) is 8.84. The van der Waals surface area contributed by atoms with Crippen molar-refractivity contribution >= 4 is 104 Å². The third-order valence-corrected chi connectivity index (χ3v) is 15.0. The van der Waals surface area contributed by atoms with Gasteiger partial charge in [-0.3, -0.25) is 38.5 Å². The van der Waals surface area contributed by atoms with E-state index in [-0.39, 0.29) is 79.4 Å². The highest BCUT2D eigenvalue weighted by Crippen LogP contribution is 2.46. The fourth-order valence-electron chi connectivity index (χ4n) is 10.2. The van der Waals surface area contributed by atoms with Crippen LogP contribution in [0.3, 0.4) is 0 Å². The van der Waals surface area contributed by atoms with Crippen LogP contribution in [0.5, 0.6) is 5.75 Å². The van der Waals surface area contributed by atoms with Gasteiger partial charge in [0.25, 0.3) is 23.6 Å². The van der Waals surface area contributed by atoms with Crippen molar-refractivity contribution in [1.29, 1.82) is 0 Å². The van der Waals surface area contributed by atoms with Crippen LogP contribution >= 0.6 is 11.6 Å². The molecule has 8 rings (SSSR count). The number of carbonyl (C=O) groups excluding carboxylic acids is 9. The van der Waals surface area contributed by atoms with Crippen molar-refractivity contribution in [3.05, 3.63) is 108 Å². The van der Waals surface area contributed by atoms with Gasteiger partial charge in [-0.15, -0.1) is 11.6 Å². The summed E-state index contributed by atoms with van der Waals surface area (Å²) >= 11 is 6.56. The normalized spacial score (nSPS) is 15.9. The van der Waals surface area contributed by atoms with Crippen LogP contribution < -0.4 is 47.3 Å². The van der Waals surface area contributed by atoms with Crippen LogP contribution in [0.4, 0.5) is 26.7 Å². The first-order valence-electron chi connectivity index (χ1n) is 27.3. The smallest absolute Gasteiger partial charge is 0.409 e. The molecular formula is C58H69ClN12O10. The standard InChI is InChI=1S/C58H69ClN12O10/c1-35(2)52(62-24-23-61-48(72)13-5-4-8-25-70-49(73)20-21-50(70)74)55(77)67-44(12-9-22-63-57(60)79)54(76)64-39-16-14-36(15-17-39)53(75)65-40-18-19-43-37(30-40)31-45(66-43)56(78)71-34-38(33-59)51-42-11-7-6-10-41(42)47(32-46(51)71)81-58(80)69-28-26-68(3)27-29-69/h6-7,10-11,14-21,30-32,35,38,44,52,62,66H,4-5,8-9,12-13,22-29,33-34H2,1-3H3,(H,61,72)(H,64,76)(H,65,75)(H,67,77)(H3,60,63,79)/t38-,44+,52+/m1/s1. The number of benzene rings is 4. The van der Waals surface area contributed by atoms with Crippen LogP contribution in [0.15, 0.2) is 91.0 Å². The van der Waals surface area contributed by atoms with E-state index in [1.807, 2.05) is 45.2 Å². The summed E-state index contributed by atoms with van der Waals surface area (Å²) in [6, 6.07) is 20.1. The first-order valence-corrected chi connectivity index (χ1v) is 27.8. The minimum absolute atomic E-state index is 0.150. The molecule has 1 saturated heterocycles. The summed E-state index contributed by atoms with van der Waals surface area (Å²) in [7, 11) is 2.01. The first kappa shape index (κ1) is 58.8. The van der Waals surface area contributed by atoms with Gasteiger partial charge in [-0.05, 0) is 98.1 Å². The Bertz CT molecular complexity index is 3190. The van der Waals surface area contributed by atoms with Crippen molar-refractivity contribution in [2.75, 3.05) is 87.4 Å². The number of hydrogen-bond donors (Lipinski definition) is 8. The SMILES string of the molecule is CC(C)[C@H](NCCNC(=O)CCCCCN1C(=O)C=CC1=O)C(=O)N[C@@H](CCCNC(N)=O)C(=O)Nc1ccc(C(=O)Nc2ccc3[nH]c(C(=O)N4C[C@@H](CCl)c5c4cc(OC(=O)N4CCN(C)CC4)c4ccccc54)cc3c2)cc1. The Balaban J connectivity index is 0.852. The highest BCUT2D eigenvalue weighted by Gasteiger charge is 2.37. The Morgan fingerprint density at radius 3 is 2.20 bits per heavy atom. The number of piperazine rings is 1. The Kier molecular flexibility index (Phi) is 19.8. The maximum atomic E-state index is 14.5. The number of halogens is 1. The van der Waals surface area contributed by atoms with E-state index < -0.39 is 41.9 Å². The fourth-order valence-corrected chi connectivity index (χ4v) is 10.4. The third kappa shape index (κ3) is 14.9. The molecule has 4 heterocycles. The lowest BCUT2D eigenvalue weighted by atomic mass is 9.95. The van der Waals surface area contributed by atoms with Gasteiger partial charge in [-0.2, -0.15) is 0 Å². The molecule has 0 unspecified atom stereocenters. The number of nitrogens with two attached hydrogens (primary N) is 1. The molecule has 0 aliphatic carbocycles. The molecule has 3 aliphatic heterocycles. The molecule has 3 atom stereocenters. The van der Waals surface area contributed by atoms with E-state index in [9.17, 15) is 43.2 Å². The van der Waals surface area contributed by atoms with Crippen LogP contribution in [0.25, 0.3) is 21.7 Å². The van der Waals surface area contributed by atoms with Crippen molar-refractivity contribution < 1.29 is 47.9 Å². The molecule has 0 spiro atoms. The minimum atomic E-state index is -1.03. The zero-order valence-electron chi connectivity index (χ0n) is 45.6. The van der Waals surface area contributed by atoms with Crippen molar-refractivity contribution in [2.45, 2.75) is 70.4 Å². The summed E-state index contributed by atoms with van der Waals surface area (Å²) in [5.74, 6) is -2.32. The van der Waals surface area contributed by atoms with Gasteiger partial charge in [0.2, 0.25) is 17.7 Å². The molecule has 22 nitrogen and oxygen atoms in total. The number of amides is 10. The number of imide groups is 1. The van der Waals surface area contributed by atoms with Gasteiger partial charge in [-0.25, -0.2) is 9.59 Å². The number of alkyl halides is 1. The number of ether oxygens (including phenoxy) is 1. The molecule has 3 aliphatic rings. The molecule has 428 valence electrons. The van der Waals surface area contributed by atoms with Crippen LogP contribution in [0.1, 0.15) is 84.7 Å². The molecular weight excluding hydrogens is 1060 g/mol. The zero-order chi connectivity index (χ0) is 57.7. The number of unbranched alkanes of at least 4 members (excludes halogenated alkanes) is 2. The monoisotopic (exact) mass is 1130 g/mol. The van der Waals surface area contributed by atoms with Crippen molar-refractivity contribution in [3.63, 3.8) is 0 Å². The summed E-state index contributed by atoms with van der Waals surface area (Å²) in [6.07, 6.45) is 4.58. The number of aromatic amines is 1. The van der Waals surface area contributed by atoms with Gasteiger partial charge in [0.1, 0.15) is 17.5 Å². The highest BCUT2D eigenvalue weighted by atomic mass is 35.5. The van der Waals surface area contributed by atoms with E-state index >= 15 is 0 Å². The molecule has 0 radical (unpaired) electrons. The van der Waals surface area contributed by atoms with Crippen LogP contribution in [0.2, 0.25) is 0 Å². The maximum Gasteiger partial charge on any atom is 0.415 e. The predicted octanol–water partition coefficient (Wildman–Crippen LogP) is 5.39. The first-order chi connectivity index (χ1) is 39.0. The second-order valence-corrected chi connectivity index (χ2v) is 21.1. The van der Waals surface area contributed by atoms with Gasteiger partial charge in [0, 0.05) is 129 Å². The molecule has 0 bridgehead atoms. The average Bonchev–Trinajstić information content (AvgIpc) is 3.79. The fraction of sp³-hybridized carbons (Fsp3) is 0.397. The molecule has 0 saturated carbocycles. The van der Waals surface area contributed by atoms with Gasteiger partial charge in [-0.1, -0.05) is 44.5 Å². The number of H-pyrrole nitrogens is 1. The van der Waals surface area contributed by atoms with E-state index in [1.165, 1.54) is 17.1 Å². The second-order valence-electron chi connectivity index (χ2n) is 20.8. The van der Waals surface area contributed by atoms with E-state index in [1.54, 1.807) is 64.4 Å². The summed E-state index contributed by atoms with van der Waals surface area (Å²) in [6.45, 7) is 7.53. The lowest BCUT2D eigenvalue weighted by Gasteiger charge is -2.31. The Labute approximate surface area is 473 Å². The molecule has 5 aromatic rings. The van der Waals surface area contributed by atoms with Gasteiger partial charge in [0.15, 0.2) is 0 Å². The molecule has 23 heteroatoms. The summed E-state index contributed by atoms with van der Waals surface area (Å²) in [5, 5.41) is 19.3.